The zero-order valence-electron chi connectivity index (χ0n) is 15.4. The predicted molar refractivity (Wildman–Crippen MR) is 107 cm³/mol. The van der Waals surface area contributed by atoms with Crippen LogP contribution in [-0.4, -0.2) is 42.4 Å². The summed E-state index contributed by atoms with van der Waals surface area (Å²) in [4.78, 5) is 2.35. The van der Waals surface area contributed by atoms with Crippen molar-refractivity contribution in [1.82, 2.24) is 4.90 Å². The standard InChI is InChI=1S/C22H28ClNO2/c1-17-2-8-22(9-3-17)26-16-21(25)15-24-12-10-19(11-13-24)14-18-4-6-20(23)7-5-18/h2-9,19,21,25H,10-16H2,1H3/t21-/m0/s1. The van der Waals surface area contributed by atoms with E-state index in [0.29, 0.717) is 19.1 Å². The zero-order chi connectivity index (χ0) is 18.4. The SMILES string of the molecule is Cc1ccc(OC[C@@H](O)CN2CCC(Cc3ccc(Cl)cc3)CC2)cc1. The molecule has 1 fully saturated rings. The number of hydrogen-bond donors (Lipinski definition) is 1. The van der Waals surface area contributed by atoms with Crippen LogP contribution in [0.3, 0.4) is 0 Å². The summed E-state index contributed by atoms with van der Waals surface area (Å²) in [6, 6.07) is 16.1. The minimum Gasteiger partial charge on any atom is -0.491 e. The number of ether oxygens (including phenoxy) is 1. The molecule has 0 radical (unpaired) electrons. The van der Waals surface area contributed by atoms with Crippen LogP contribution >= 0.6 is 11.6 Å². The average Bonchev–Trinajstić information content (AvgIpc) is 2.65. The number of β-amino-alcohol motifs (C(OH)–C–C–N with tert-alkyl or cyclic N) is 1. The highest BCUT2D eigenvalue weighted by Gasteiger charge is 2.21. The smallest absolute Gasteiger partial charge is 0.119 e. The minimum absolute atomic E-state index is 0.341. The van der Waals surface area contributed by atoms with Crippen LogP contribution in [0.4, 0.5) is 0 Å². The van der Waals surface area contributed by atoms with Crippen LogP contribution in [0, 0.1) is 12.8 Å². The Balaban J connectivity index is 1.36. The average molecular weight is 374 g/mol. The topological polar surface area (TPSA) is 32.7 Å². The van der Waals surface area contributed by atoms with Gasteiger partial charge in [-0.2, -0.15) is 0 Å². The Kier molecular flexibility index (Phi) is 6.95. The molecular weight excluding hydrogens is 346 g/mol. The lowest BCUT2D eigenvalue weighted by Gasteiger charge is -2.33. The molecule has 26 heavy (non-hydrogen) atoms. The highest BCUT2D eigenvalue weighted by molar-refractivity contribution is 6.30. The Hall–Kier alpha value is -1.55. The highest BCUT2D eigenvalue weighted by Crippen LogP contribution is 2.23. The van der Waals surface area contributed by atoms with E-state index in [1.807, 2.05) is 36.4 Å². The molecular formula is C22H28ClNO2. The number of aliphatic hydroxyl groups excluding tert-OH is 1. The second-order valence-corrected chi connectivity index (χ2v) is 7.79. The second-order valence-electron chi connectivity index (χ2n) is 7.35. The normalized spacial score (nSPS) is 17.2. The van der Waals surface area contributed by atoms with Crippen LogP contribution in [0.25, 0.3) is 0 Å². The van der Waals surface area contributed by atoms with E-state index in [1.165, 1.54) is 24.0 Å². The summed E-state index contributed by atoms with van der Waals surface area (Å²) in [5.74, 6) is 1.53. The predicted octanol–water partition coefficient (Wildman–Crippen LogP) is 4.34. The fourth-order valence-electron chi connectivity index (χ4n) is 3.50. The lowest BCUT2D eigenvalue weighted by molar-refractivity contribution is 0.0550. The van der Waals surface area contributed by atoms with Crippen molar-refractivity contribution in [3.8, 4) is 5.75 Å². The fourth-order valence-corrected chi connectivity index (χ4v) is 3.63. The van der Waals surface area contributed by atoms with E-state index < -0.39 is 6.10 Å². The van der Waals surface area contributed by atoms with Crippen molar-refractivity contribution in [2.45, 2.75) is 32.3 Å². The highest BCUT2D eigenvalue weighted by atomic mass is 35.5. The van der Waals surface area contributed by atoms with E-state index >= 15 is 0 Å². The molecule has 0 amide bonds. The van der Waals surface area contributed by atoms with Gasteiger partial charge in [0.2, 0.25) is 0 Å². The third-order valence-electron chi connectivity index (χ3n) is 5.08. The van der Waals surface area contributed by atoms with Crippen molar-refractivity contribution < 1.29 is 9.84 Å². The molecule has 1 N–H and O–H groups in total. The van der Waals surface area contributed by atoms with Crippen LogP contribution in [0.1, 0.15) is 24.0 Å². The number of hydrogen-bond acceptors (Lipinski definition) is 3. The molecule has 1 saturated heterocycles. The first kappa shape index (κ1) is 19.2. The molecule has 1 aliphatic rings. The summed E-state index contributed by atoms with van der Waals surface area (Å²) in [6.07, 6.45) is 3.01. The first-order chi connectivity index (χ1) is 12.6. The molecule has 4 heteroatoms. The number of rotatable bonds is 7. The molecule has 2 aromatic carbocycles. The zero-order valence-corrected chi connectivity index (χ0v) is 16.2. The van der Waals surface area contributed by atoms with Gasteiger partial charge in [0.05, 0.1) is 0 Å². The van der Waals surface area contributed by atoms with Gasteiger partial charge in [-0.05, 0) is 75.0 Å². The van der Waals surface area contributed by atoms with Gasteiger partial charge < -0.3 is 14.7 Å². The van der Waals surface area contributed by atoms with Crippen LogP contribution in [-0.2, 0) is 6.42 Å². The molecule has 0 aliphatic carbocycles. The van der Waals surface area contributed by atoms with E-state index in [4.69, 9.17) is 16.3 Å². The van der Waals surface area contributed by atoms with Gasteiger partial charge in [0.15, 0.2) is 0 Å². The number of likely N-dealkylation sites (tertiary alicyclic amines) is 1. The van der Waals surface area contributed by atoms with Gasteiger partial charge in [0.25, 0.3) is 0 Å². The molecule has 0 aromatic heterocycles. The number of nitrogens with zero attached hydrogens (tertiary/aromatic N) is 1. The fraction of sp³-hybridized carbons (Fsp3) is 0.455. The number of halogens is 1. The van der Waals surface area contributed by atoms with Gasteiger partial charge in [-0.1, -0.05) is 41.4 Å². The van der Waals surface area contributed by atoms with Crippen molar-refractivity contribution in [3.63, 3.8) is 0 Å². The third kappa shape index (κ3) is 6.01. The van der Waals surface area contributed by atoms with E-state index in [0.717, 1.165) is 30.3 Å². The van der Waals surface area contributed by atoms with Crippen molar-refractivity contribution in [2.75, 3.05) is 26.2 Å². The lowest BCUT2D eigenvalue weighted by atomic mass is 9.90. The minimum atomic E-state index is -0.455. The van der Waals surface area contributed by atoms with Gasteiger partial charge >= 0.3 is 0 Å². The molecule has 1 heterocycles. The maximum atomic E-state index is 10.3. The van der Waals surface area contributed by atoms with Crippen LogP contribution in [0.2, 0.25) is 5.02 Å². The summed E-state index contributed by atoms with van der Waals surface area (Å²) >= 11 is 5.95. The molecule has 0 spiro atoms. The van der Waals surface area contributed by atoms with Crippen molar-refractivity contribution >= 4 is 11.6 Å². The van der Waals surface area contributed by atoms with Crippen LogP contribution < -0.4 is 4.74 Å². The van der Waals surface area contributed by atoms with Crippen molar-refractivity contribution in [2.24, 2.45) is 5.92 Å². The number of benzene rings is 2. The van der Waals surface area contributed by atoms with Gasteiger partial charge in [0.1, 0.15) is 18.5 Å². The molecule has 3 rings (SSSR count). The summed E-state index contributed by atoms with van der Waals surface area (Å²) in [5, 5.41) is 11.1. The van der Waals surface area contributed by atoms with Gasteiger partial charge in [0, 0.05) is 11.6 Å². The van der Waals surface area contributed by atoms with Gasteiger partial charge in [-0.25, -0.2) is 0 Å². The maximum Gasteiger partial charge on any atom is 0.119 e. The van der Waals surface area contributed by atoms with E-state index in [-0.39, 0.29) is 0 Å². The third-order valence-corrected chi connectivity index (χ3v) is 5.33. The molecule has 3 nitrogen and oxygen atoms in total. The number of aryl methyl sites for hydroxylation is 1. The van der Waals surface area contributed by atoms with Gasteiger partial charge in [-0.15, -0.1) is 0 Å². The molecule has 140 valence electrons. The molecule has 0 unspecified atom stereocenters. The van der Waals surface area contributed by atoms with Crippen molar-refractivity contribution in [3.05, 3.63) is 64.7 Å². The number of piperidine rings is 1. The first-order valence-corrected chi connectivity index (χ1v) is 9.80. The van der Waals surface area contributed by atoms with Gasteiger partial charge in [-0.3, -0.25) is 0 Å². The summed E-state index contributed by atoms with van der Waals surface area (Å²) in [5.41, 5.74) is 2.57. The summed E-state index contributed by atoms with van der Waals surface area (Å²) < 4.78 is 5.69. The van der Waals surface area contributed by atoms with E-state index in [2.05, 4.69) is 24.0 Å². The Labute approximate surface area is 161 Å². The monoisotopic (exact) mass is 373 g/mol. The lowest BCUT2D eigenvalue weighted by Crippen LogP contribution is -2.41. The second kappa shape index (κ2) is 9.40. The van der Waals surface area contributed by atoms with E-state index in [1.54, 1.807) is 0 Å². The van der Waals surface area contributed by atoms with Crippen LogP contribution in [0.15, 0.2) is 48.5 Å². The van der Waals surface area contributed by atoms with E-state index in [9.17, 15) is 5.11 Å². The Bertz CT molecular complexity index is 664. The molecule has 0 bridgehead atoms. The van der Waals surface area contributed by atoms with Crippen LogP contribution in [0.5, 0.6) is 5.75 Å². The molecule has 2 aromatic rings. The molecule has 1 aliphatic heterocycles. The van der Waals surface area contributed by atoms with Crippen molar-refractivity contribution in [1.29, 1.82) is 0 Å². The maximum absolute atomic E-state index is 10.3. The Morgan fingerprint density at radius 1 is 1.08 bits per heavy atom. The largest absolute Gasteiger partial charge is 0.491 e. The summed E-state index contributed by atoms with van der Waals surface area (Å²) in [6.45, 7) is 5.15. The molecule has 1 atom stereocenters. The number of aliphatic hydroxyl groups is 1. The quantitative estimate of drug-likeness (QED) is 0.783. The Morgan fingerprint density at radius 2 is 1.73 bits per heavy atom. The molecule has 0 saturated carbocycles. The Morgan fingerprint density at radius 3 is 2.38 bits per heavy atom. The first-order valence-electron chi connectivity index (χ1n) is 9.43. The summed E-state index contributed by atoms with van der Waals surface area (Å²) in [7, 11) is 0.